The van der Waals surface area contributed by atoms with Crippen molar-refractivity contribution < 1.29 is 14.3 Å². The van der Waals surface area contributed by atoms with Crippen molar-refractivity contribution in [3.8, 4) is 5.75 Å². The molecule has 0 radical (unpaired) electrons. The fourth-order valence-corrected chi connectivity index (χ4v) is 4.97. The number of nitrogens with one attached hydrogen (secondary N) is 1. The molecule has 3 aliphatic rings. The molecule has 1 spiro atoms. The van der Waals surface area contributed by atoms with Gasteiger partial charge < -0.3 is 15.0 Å². The number of carbonyl (C=O) groups excluding carboxylic acids is 2. The molecule has 31 heavy (non-hydrogen) atoms. The summed E-state index contributed by atoms with van der Waals surface area (Å²) in [5.41, 5.74) is 1.78. The van der Waals surface area contributed by atoms with Crippen LogP contribution < -0.4 is 10.1 Å². The average molecular weight is 420 g/mol. The standard InChI is InChI=1S/C25H29N3O3/c29-23(27-17-19-6-1-2-12-26-19)18-5-3-7-21(15-18)31-20-8-13-28(14-9-20)24(30)22-16-25(22)10-4-11-25/h1-3,5-7,12,15,20,22H,4,8-11,13-14,16-17H2,(H,27,29). The quantitative estimate of drug-likeness (QED) is 0.777. The number of hydrogen-bond donors (Lipinski definition) is 1. The zero-order valence-electron chi connectivity index (χ0n) is 17.8. The van der Waals surface area contributed by atoms with Crippen LogP contribution >= 0.6 is 0 Å². The van der Waals surface area contributed by atoms with E-state index in [0.29, 0.717) is 35.1 Å². The van der Waals surface area contributed by atoms with Gasteiger partial charge in [-0.25, -0.2) is 0 Å². The number of piperidine rings is 1. The van der Waals surface area contributed by atoms with Gasteiger partial charge in [0.2, 0.25) is 5.91 Å². The van der Waals surface area contributed by atoms with Crippen LogP contribution in [0.15, 0.2) is 48.7 Å². The molecule has 1 aromatic carbocycles. The third-order valence-corrected chi connectivity index (χ3v) is 7.15. The SMILES string of the molecule is O=C(NCc1ccccn1)c1cccc(OC2CCN(C(=O)C3CC34CCC4)CC2)c1. The van der Waals surface area contributed by atoms with Gasteiger partial charge in [0.05, 0.1) is 12.2 Å². The second-order valence-electron chi connectivity index (χ2n) is 9.15. The Morgan fingerprint density at radius 1 is 1.13 bits per heavy atom. The summed E-state index contributed by atoms with van der Waals surface area (Å²) in [6, 6.07) is 12.9. The van der Waals surface area contributed by atoms with Crippen molar-refractivity contribution in [2.24, 2.45) is 11.3 Å². The van der Waals surface area contributed by atoms with Crippen LogP contribution in [0.5, 0.6) is 5.75 Å². The predicted molar refractivity (Wildman–Crippen MR) is 116 cm³/mol. The summed E-state index contributed by atoms with van der Waals surface area (Å²) in [7, 11) is 0. The molecular formula is C25H29N3O3. The molecule has 2 heterocycles. The summed E-state index contributed by atoms with van der Waals surface area (Å²) in [6.45, 7) is 1.92. The first kappa shape index (κ1) is 20.0. The molecule has 1 atom stereocenters. The number of pyridine rings is 1. The number of aromatic nitrogens is 1. The van der Waals surface area contributed by atoms with Crippen LogP contribution in [0.3, 0.4) is 0 Å². The lowest BCUT2D eigenvalue weighted by molar-refractivity contribution is -0.135. The molecule has 1 aromatic heterocycles. The third-order valence-electron chi connectivity index (χ3n) is 7.15. The van der Waals surface area contributed by atoms with E-state index in [2.05, 4.69) is 10.3 Å². The average Bonchev–Trinajstić information content (AvgIpc) is 3.55. The molecule has 2 amide bonds. The van der Waals surface area contributed by atoms with Gasteiger partial charge in [0.1, 0.15) is 11.9 Å². The predicted octanol–water partition coefficient (Wildman–Crippen LogP) is 3.57. The van der Waals surface area contributed by atoms with Crippen molar-refractivity contribution in [1.82, 2.24) is 15.2 Å². The smallest absolute Gasteiger partial charge is 0.251 e. The highest BCUT2D eigenvalue weighted by molar-refractivity contribution is 5.94. The summed E-state index contributed by atoms with van der Waals surface area (Å²) in [4.78, 5) is 31.5. The van der Waals surface area contributed by atoms with E-state index in [1.54, 1.807) is 18.3 Å². The Kier molecular flexibility index (Phi) is 5.38. The summed E-state index contributed by atoms with van der Waals surface area (Å²) in [5, 5.41) is 2.90. The third kappa shape index (κ3) is 4.29. The van der Waals surface area contributed by atoms with E-state index >= 15 is 0 Å². The van der Waals surface area contributed by atoms with Crippen molar-refractivity contribution >= 4 is 11.8 Å². The van der Waals surface area contributed by atoms with E-state index in [1.807, 2.05) is 35.2 Å². The monoisotopic (exact) mass is 419 g/mol. The van der Waals surface area contributed by atoms with E-state index in [1.165, 1.54) is 19.3 Å². The molecule has 6 nitrogen and oxygen atoms in total. The molecule has 1 unspecified atom stereocenters. The molecule has 6 heteroatoms. The second kappa shape index (κ2) is 8.33. The Balaban J connectivity index is 1.11. The number of amides is 2. The minimum absolute atomic E-state index is 0.0766. The first-order valence-corrected chi connectivity index (χ1v) is 11.4. The van der Waals surface area contributed by atoms with Crippen LogP contribution in [-0.4, -0.2) is 40.9 Å². The Morgan fingerprint density at radius 2 is 1.97 bits per heavy atom. The molecule has 2 aromatic rings. The number of carbonyl (C=O) groups is 2. The van der Waals surface area contributed by atoms with Gasteiger partial charge in [-0.2, -0.15) is 0 Å². The molecule has 1 N–H and O–H groups in total. The first-order chi connectivity index (χ1) is 15.1. The lowest BCUT2D eigenvalue weighted by Crippen LogP contribution is -2.43. The van der Waals surface area contributed by atoms with Crippen molar-refractivity contribution in [2.45, 2.75) is 51.2 Å². The molecule has 3 fully saturated rings. The van der Waals surface area contributed by atoms with Gasteiger partial charge in [-0.3, -0.25) is 14.6 Å². The van der Waals surface area contributed by atoms with Gasteiger partial charge in [-0.1, -0.05) is 18.6 Å². The Morgan fingerprint density at radius 3 is 2.65 bits per heavy atom. The lowest BCUT2D eigenvalue weighted by atomic mass is 9.79. The number of ether oxygens (including phenoxy) is 1. The van der Waals surface area contributed by atoms with Crippen LogP contribution in [-0.2, 0) is 11.3 Å². The van der Waals surface area contributed by atoms with Crippen LogP contribution in [0.1, 0.15) is 54.6 Å². The van der Waals surface area contributed by atoms with Gasteiger partial charge in [0.25, 0.3) is 5.91 Å². The minimum Gasteiger partial charge on any atom is -0.490 e. The Hall–Kier alpha value is -2.89. The topological polar surface area (TPSA) is 71.5 Å². The van der Waals surface area contributed by atoms with Gasteiger partial charge >= 0.3 is 0 Å². The summed E-state index contributed by atoms with van der Waals surface area (Å²) in [5.74, 6) is 1.21. The molecule has 1 saturated heterocycles. The van der Waals surface area contributed by atoms with E-state index in [4.69, 9.17) is 4.74 Å². The molecule has 1 aliphatic heterocycles. The Labute approximate surface area is 183 Å². The van der Waals surface area contributed by atoms with E-state index in [0.717, 1.165) is 38.0 Å². The van der Waals surface area contributed by atoms with E-state index in [9.17, 15) is 9.59 Å². The molecule has 2 aliphatic carbocycles. The highest BCUT2D eigenvalue weighted by Gasteiger charge is 2.61. The minimum atomic E-state index is -0.147. The largest absolute Gasteiger partial charge is 0.490 e. The Bertz CT molecular complexity index is 949. The number of likely N-dealkylation sites (tertiary alicyclic amines) is 1. The number of benzene rings is 1. The maximum atomic E-state index is 12.8. The van der Waals surface area contributed by atoms with Crippen molar-refractivity contribution in [1.29, 1.82) is 0 Å². The highest BCUT2D eigenvalue weighted by Crippen LogP contribution is 2.66. The maximum absolute atomic E-state index is 12.8. The molecule has 162 valence electrons. The number of nitrogens with zero attached hydrogens (tertiary/aromatic N) is 2. The van der Waals surface area contributed by atoms with E-state index < -0.39 is 0 Å². The van der Waals surface area contributed by atoms with Gasteiger partial charge in [-0.15, -0.1) is 0 Å². The maximum Gasteiger partial charge on any atom is 0.251 e. The lowest BCUT2D eigenvalue weighted by Gasteiger charge is -2.34. The van der Waals surface area contributed by atoms with Crippen molar-refractivity contribution in [2.75, 3.05) is 13.1 Å². The van der Waals surface area contributed by atoms with Gasteiger partial charge in [-0.05, 0) is 55.0 Å². The van der Waals surface area contributed by atoms with Crippen LogP contribution in [0, 0.1) is 11.3 Å². The van der Waals surface area contributed by atoms with Crippen LogP contribution in [0.25, 0.3) is 0 Å². The normalized spacial score (nSPS) is 21.9. The zero-order valence-corrected chi connectivity index (χ0v) is 17.8. The van der Waals surface area contributed by atoms with Crippen molar-refractivity contribution in [3.05, 3.63) is 59.9 Å². The van der Waals surface area contributed by atoms with Gasteiger partial charge in [0, 0.05) is 43.6 Å². The highest BCUT2D eigenvalue weighted by atomic mass is 16.5. The molecule has 0 bridgehead atoms. The van der Waals surface area contributed by atoms with Crippen LogP contribution in [0.4, 0.5) is 0 Å². The van der Waals surface area contributed by atoms with Crippen LogP contribution in [0.2, 0.25) is 0 Å². The first-order valence-electron chi connectivity index (χ1n) is 11.4. The molecule has 5 rings (SSSR count). The number of hydrogen-bond acceptors (Lipinski definition) is 4. The second-order valence-corrected chi connectivity index (χ2v) is 9.15. The summed E-state index contributed by atoms with van der Waals surface area (Å²) < 4.78 is 6.16. The summed E-state index contributed by atoms with van der Waals surface area (Å²) in [6.07, 6.45) is 8.35. The fourth-order valence-electron chi connectivity index (χ4n) is 4.97. The molecular weight excluding hydrogens is 390 g/mol. The van der Waals surface area contributed by atoms with Crippen molar-refractivity contribution in [3.63, 3.8) is 0 Å². The van der Waals surface area contributed by atoms with E-state index in [-0.39, 0.29) is 12.0 Å². The molecule has 2 saturated carbocycles. The summed E-state index contributed by atoms with van der Waals surface area (Å²) >= 11 is 0. The number of rotatable bonds is 6. The fraction of sp³-hybridized carbons (Fsp3) is 0.480. The van der Waals surface area contributed by atoms with Gasteiger partial charge in [0.15, 0.2) is 0 Å². The zero-order chi connectivity index (χ0) is 21.3.